The fourth-order valence-electron chi connectivity index (χ4n) is 4.75. The number of nitrogens with zero attached hydrogens (tertiary/aromatic N) is 4. The molecule has 1 aliphatic rings. The lowest BCUT2D eigenvalue weighted by Gasteiger charge is -2.17. The van der Waals surface area contributed by atoms with Crippen LogP contribution >= 0.6 is 11.6 Å². The molecule has 3 aromatic rings. The largest absolute Gasteiger partial charge is 0.338 e. The maximum atomic E-state index is 13.1. The highest BCUT2D eigenvalue weighted by Gasteiger charge is 2.30. The van der Waals surface area contributed by atoms with Crippen molar-refractivity contribution in [3.63, 3.8) is 0 Å². The van der Waals surface area contributed by atoms with Gasteiger partial charge in [0.15, 0.2) is 11.2 Å². The Kier molecular flexibility index (Phi) is 7.88. The van der Waals surface area contributed by atoms with Crippen molar-refractivity contribution >= 4 is 28.7 Å². The minimum Gasteiger partial charge on any atom is -0.338 e. The molecule has 182 valence electrons. The van der Waals surface area contributed by atoms with E-state index in [0.717, 1.165) is 50.6 Å². The number of benzene rings is 1. The number of rotatable bonds is 11. The summed E-state index contributed by atoms with van der Waals surface area (Å²) in [6.45, 7) is 4.33. The highest BCUT2D eigenvalue weighted by molar-refractivity contribution is 6.28. The summed E-state index contributed by atoms with van der Waals surface area (Å²) in [7, 11) is 0. The molecule has 1 unspecified atom stereocenters. The molecule has 1 amide bonds. The Hall–Kier alpha value is -2.87. The van der Waals surface area contributed by atoms with Crippen molar-refractivity contribution in [1.82, 2.24) is 24.0 Å². The number of H-pyrrole nitrogens is 1. The number of amides is 1. The molecule has 1 atom stereocenters. The van der Waals surface area contributed by atoms with Crippen molar-refractivity contribution in [2.24, 2.45) is 5.92 Å². The SMILES string of the molecule is CCCCCn1c(=O)n(CCCCC2CCN(Cc3ccccc3)C2=O)c(=O)c2[nH]c(Cl)nc21. The summed E-state index contributed by atoms with van der Waals surface area (Å²) in [5, 5.41) is 0.105. The zero-order valence-electron chi connectivity index (χ0n) is 19.6. The van der Waals surface area contributed by atoms with Crippen molar-refractivity contribution in [3.05, 3.63) is 62.0 Å². The Morgan fingerprint density at radius 3 is 2.53 bits per heavy atom. The molecule has 2 aromatic heterocycles. The summed E-state index contributed by atoms with van der Waals surface area (Å²) >= 11 is 6.00. The van der Waals surface area contributed by atoms with Crippen LogP contribution < -0.4 is 11.2 Å². The first kappa shape index (κ1) is 24.3. The first-order valence-corrected chi connectivity index (χ1v) is 12.6. The van der Waals surface area contributed by atoms with Crippen molar-refractivity contribution < 1.29 is 4.79 Å². The number of likely N-dealkylation sites (tertiary alicyclic amines) is 1. The number of aromatic nitrogens is 4. The molecule has 0 spiro atoms. The third-order valence-electron chi connectivity index (χ3n) is 6.63. The van der Waals surface area contributed by atoms with E-state index in [0.29, 0.717) is 31.7 Å². The number of carbonyl (C=O) groups is 1. The van der Waals surface area contributed by atoms with Crippen LogP contribution in [0.1, 0.15) is 57.4 Å². The molecule has 0 bridgehead atoms. The standard InChI is InChI=1S/C25H32ClN5O3/c1-2-3-8-14-30-21-20(27-24(26)28-21)23(33)31(25(30)34)15-9-7-12-19-13-16-29(22(19)32)17-18-10-5-4-6-11-18/h4-6,10-11,19H,2-3,7-9,12-17H2,1H3,(H,27,28). The number of unbranched alkanes of at least 4 members (excludes halogenated alkanes) is 3. The smallest absolute Gasteiger partial charge is 0.332 e. The van der Waals surface area contributed by atoms with E-state index in [1.807, 2.05) is 35.2 Å². The minimum absolute atomic E-state index is 0.0139. The molecule has 8 nitrogen and oxygen atoms in total. The number of carbonyl (C=O) groups excluding carboxylic acids is 1. The van der Waals surface area contributed by atoms with Gasteiger partial charge in [-0.3, -0.25) is 18.7 Å². The first-order valence-electron chi connectivity index (χ1n) is 12.2. The van der Waals surface area contributed by atoms with Gasteiger partial charge in [-0.1, -0.05) is 56.5 Å². The Morgan fingerprint density at radius 1 is 1.03 bits per heavy atom. The van der Waals surface area contributed by atoms with Gasteiger partial charge in [-0.2, -0.15) is 4.98 Å². The van der Waals surface area contributed by atoms with Gasteiger partial charge in [0.25, 0.3) is 5.56 Å². The number of nitrogens with one attached hydrogen (secondary N) is 1. The Morgan fingerprint density at radius 2 is 1.76 bits per heavy atom. The van der Waals surface area contributed by atoms with Crippen LogP contribution in [0.4, 0.5) is 0 Å². The van der Waals surface area contributed by atoms with Crippen LogP contribution in [-0.2, 0) is 24.4 Å². The number of hydrogen-bond donors (Lipinski definition) is 1. The second kappa shape index (κ2) is 11.0. The van der Waals surface area contributed by atoms with Gasteiger partial charge in [-0.25, -0.2) is 4.79 Å². The third-order valence-corrected chi connectivity index (χ3v) is 6.81. The molecular formula is C25H32ClN5O3. The van der Waals surface area contributed by atoms with E-state index in [9.17, 15) is 14.4 Å². The van der Waals surface area contributed by atoms with Gasteiger partial charge >= 0.3 is 5.69 Å². The quantitative estimate of drug-likeness (QED) is 0.329. The van der Waals surface area contributed by atoms with E-state index < -0.39 is 5.56 Å². The topological polar surface area (TPSA) is 93.0 Å². The lowest BCUT2D eigenvalue weighted by atomic mass is 10.0. The average Bonchev–Trinajstić information content (AvgIpc) is 3.39. The van der Waals surface area contributed by atoms with E-state index in [1.165, 1.54) is 4.57 Å². The van der Waals surface area contributed by atoms with E-state index >= 15 is 0 Å². The summed E-state index contributed by atoms with van der Waals surface area (Å²) < 4.78 is 2.83. The van der Waals surface area contributed by atoms with Crippen LogP contribution in [0, 0.1) is 5.92 Å². The number of hydrogen-bond acceptors (Lipinski definition) is 4. The number of aryl methyl sites for hydroxylation is 1. The van der Waals surface area contributed by atoms with Crippen LogP contribution in [0.5, 0.6) is 0 Å². The first-order chi connectivity index (χ1) is 16.5. The molecule has 34 heavy (non-hydrogen) atoms. The summed E-state index contributed by atoms with van der Waals surface area (Å²) in [5.74, 6) is 0.216. The van der Waals surface area contributed by atoms with Crippen LogP contribution in [0.3, 0.4) is 0 Å². The van der Waals surface area contributed by atoms with Crippen LogP contribution in [0.15, 0.2) is 39.9 Å². The molecule has 9 heteroatoms. The van der Waals surface area contributed by atoms with E-state index in [1.54, 1.807) is 4.57 Å². The average molecular weight is 486 g/mol. The normalized spacial score (nSPS) is 16.1. The van der Waals surface area contributed by atoms with Gasteiger partial charge in [0.1, 0.15) is 0 Å². The van der Waals surface area contributed by atoms with E-state index in [4.69, 9.17) is 11.6 Å². The van der Waals surface area contributed by atoms with Gasteiger partial charge in [0.05, 0.1) is 0 Å². The predicted octanol–water partition coefficient (Wildman–Crippen LogP) is 3.95. The minimum atomic E-state index is -0.392. The molecule has 1 saturated heterocycles. The van der Waals surface area contributed by atoms with Crippen LogP contribution in [0.2, 0.25) is 5.28 Å². The second-order valence-electron chi connectivity index (χ2n) is 9.05. The highest BCUT2D eigenvalue weighted by Crippen LogP contribution is 2.25. The fourth-order valence-corrected chi connectivity index (χ4v) is 4.92. The molecule has 0 aliphatic carbocycles. The summed E-state index contributed by atoms with van der Waals surface area (Å²) in [6, 6.07) is 10.0. The Bertz CT molecular complexity index is 1250. The lowest BCUT2D eigenvalue weighted by Crippen LogP contribution is -2.40. The zero-order valence-corrected chi connectivity index (χ0v) is 20.4. The zero-order chi connectivity index (χ0) is 24.1. The molecule has 1 N–H and O–H groups in total. The molecule has 3 heterocycles. The van der Waals surface area contributed by atoms with Crippen molar-refractivity contribution in [3.8, 4) is 0 Å². The van der Waals surface area contributed by atoms with Crippen LogP contribution in [0.25, 0.3) is 11.2 Å². The molecule has 1 fully saturated rings. The lowest BCUT2D eigenvalue weighted by molar-refractivity contribution is -0.131. The van der Waals surface area contributed by atoms with Crippen molar-refractivity contribution in [2.75, 3.05) is 6.54 Å². The maximum Gasteiger partial charge on any atom is 0.332 e. The third kappa shape index (κ3) is 5.27. The van der Waals surface area contributed by atoms with Crippen LogP contribution in [-0.4, -0.2) is 36.5 Å². The van der Waals surface area contributed by atoms with Crippen molar-refractivity contribution in [1.29, 1.82) is 0 Å². The molecule has 4 rings (SSSR count). The molecule has 0 radical (unpaired) electrons. The monoisotopic (exact) mass is 485 g/mol. The van der Waals surface area contributed by atoms with E-state index in [2.05, 4.69) is 16.9 Å². The Labute approximate surface area is 203 Å². The number of imidazole rings is 1. The predicted molar refractivity (Wildman–Crippen MR) is 133 cm³/mol. The highest BCUT2D eigenvalue weighted by atomic mass is 35.5. The molecule has 1 aromatic carbocycles. The van der Waals surface area contributed by atoms with Crippen molar-refractivity contribution in [2.45, 2.75) is 71.5 Å². The maximum absolute atomic E-state index is 13.1. The molecule has 1 aliphatic heterocycles. The van der Waals surface area contributed by atoms with E-state index in [-0.39, 0.29) is 28.3 Å². The fraction of sp³-hybridized carbons (Fsp3) is 0.520. The Balaban J connectivity index is 1.38. The number of aromatic amines is 1. The summed E-state index contributed by atoms with van der Waals surface area (Å²) in [5.41, 5.74) is 0.992. The molecule has 0 saturated carbocycles. The van der Waals surface area contributed by atoms with Gasteiger partial charge < -0.3 is 9.88 Å². The second-order valence-corrected chi connectivity index (χ2v) is 9.41. The van der Waals surface area contributed by atoms with Gasteiger partial charge in [0, 0.05) is 32.1 Å². The number of halogens is 1. The summed E-state index contributed by atoms with van der Waals surface area (Å²) in [6.07, 6.45) is 5.90. The number of fused-ring (bicyclic) bond motifs is 1. The van der Waals surface area contributed by atoms with Gasteiger partial charge in [0.2, 0.25) is 11.2 Å². The van der Waals surface area contributed by atoms with Gasteiger partial charge in [-0.05, 0) is 42.8 Å². The summed E-state index contributed by atoms with van der Waals surface area (Å²) in [4.78, 5) is 47.7. The molecular weight excluding hydrogens is 454 g/mol. The van der Waals surface area contributed by atoms with Gasteiger partial charge in [-0.15, -0.1) is 0 Å².